The van der Waals surface area contributed by atoms with Gasteiger partial charge in [-0.15, -0.1) is 0 Å². The van der Waals surface area contributed by atoms with Gasteiger partial charge in [-0.05, 0) is 32.0 Å². The fourth-order valence-corrected chi connectivity index (χ4v) is 3.50. The number of amides is 1. The first-order valence-corrected chi connectivity index (χ1v) is 10.1. The number of aromatic nitrogens is 4. The predicted octanol–water partition coefficient (Wildman–Crippen LogP) is 3.28. The van der Waals surface area contributed by atoms with Crippen LogP contribution in [0.4, 0.5) is 0 Å². The molecule has 7 nitrogen and oxygen atoms in total. The van der Waals surface area contributed by atoms with Crippen molar-refractivity contribution in [3.8, 4) is 16.9 Å². The highest BCUT2D eigenvalue weighted by Crippen LogP contribution is 2.20. The summed E-state index contributed by atoms with van der Waals surface area (Å²) >= 11 is 0. The van der Waals surface area contributed by atoms with Gasteiger partial charge in [-0.25, -0.2) is 9.36 Å². The van der Waals surface area contributed by atoms with E-state index in [0.29, 0.717) is 5.69 Å². The van der Waals surface area contributed by atoms with Gasteiger partial charge in [0, 0.05) is 22.9 Å². The van der Waals surface area contributed by atoms with Crippen LogP contribution in [0.3, 0.4) is 0 Å². The molecule has 31 heavy (non-hydrogen) atoms. The summed E-state index contributed by atoms with van der Waals surface area (Å²) < 4.78 is 3.03. The molecular formula is C24H23N5O2. The fourth-order valence-electron chi connectivity index (χ4n) is 3.50. The summed E-state index contributed by atoms with van der Waals surface area (Å²) in [6, 6.07) is 22.2. The zero-order valence-corrected chi connectivity index (χ0v) is 17.4. The Morgan fingerprint density at radius 2 is 1.68 bits per heavy atom. The van der Waals surface area contributed by atoms with Crippen LogP contribution in [0.2, 0.25) is 0 Å². The minimum atomic E-state index is -0.324. The minimum Gasteiger partial charge on any atom is -0.348 e. The highest BCUT2D eigenvalue weighted by atomic mass is 16.2. The minimum absolute atomic E-state index is 0.157. The second-order valence-corrected chi connectivity index (χ2v) is 7.30. The van der Waals surface area contributed by atoms with Crippen molar-refractivity contribution in [1.82, 2.24) is 24.9 Å². The number of nitrogens with one attached hydrogen (secondary N) is 1. The molecule has 2 aromatic carbocycles. The summed E-state index contributed by atoms with van der Waals surface area (Å²) in [7, 11) is 0. The number of rotatable bonds is 6. The Labute approximate surface area is 180 Å². The lowest BCUT2D eigenvalue weighted by atomic mass is 10.1. The molecule has 0 aliphatic carbocycles. The van der Waals surface area contributed by atoms with Gasteiger partial charge < -0.3 is 5.32 Å². The summed E-state index contributed by atoms with van der Waals surface area (Å²) in [5.41, 5.74) is 4.01. The maximum Gasteiger partial charge on any atom is 0.267 e. The van der Waals surface area contributed by atoms with Gasteiger partial charge in [-0.1, -0.05) is 48.5 Å². The van der Waals surface area contributed by atoms with Crippen molar-refractivity contribution < 1.29 is 4.79 Å². The average molecular weight is 413 g/mol. The van der Waals surface area contributed by atoms with Crippen LogP contribution in [0, 0.1) is 6.92 Å². The third kappa shape index (κ3) is 4.45. The van der Waals surface area contributed by atoms with E-state index in [-0.39, 0.29) is 24.1 Å². The van der Waals surface area contributed by atoms with Gasteiger partial charge in [0.2, 0.25) is 5.91 Å². The first-order chi connectivity index (χ1) is 15.0. The first-order valence-electron chi connectivity index (χ1n) is 10.1. The van der Waals surface area contributed by atoms with Gasteiger partial charge in [-0.2, -0.15) is 10.2 Å². The molecule has 7 heteroatoms. The topological polar surface area (TPSA) is 81.8 Å². The van der Waals surface area contributed by atoms with E-state index in [4.69, 9.17) is 0 Å². The van der Waals surface area contributed by atoms with E-state index >= 15 is 0 Å². The quantitative estimate of drug-likeness (QED) is 0.526. The Morgan fingerprint density at radius 3 is 2.39 bits per heavy atom. The molecule has 0 saturated carbocycles. The van der Waals surface area contributed by atoms with Crippen LogP contribution in [0.15, 0.2) is 83.8 Å². The number of nitrogens with zero attached hydrogens (tertiary/aromatic N) is 4. The maximum absolute atomic E-state index is 12.6. The summed E-state index contributed by atoms with van der Waals surface area (Å²) in [4.78, 5) is 24.9. The van der Waals surface area contributed by atoms with Crippen molar-refractivity contribution in [1.29, 1.82) is 0 Å². The maximum atomic E-state index is 12.6. The Morgan fingerprint density at radius 1 is 1.00 bits per heavy atom. The standard InChI is InChI=1S/C24H23N5O2/c1-17(21-15-25-29(18(21)2)20-11-7-4-8-12-20)26-23(30)16-28-24(31)14-13-22(27-28)19-9-5-3-6-10-19/h3-15,17H,16H2,1-2H3,(H,26,30). The zero-order valence-electron chi connectivity index (χ0n) is 17.4. The number of carbonyl (C=O) groups excluding carboxylic acids is 1. The molecule has 0 aliphatic rings. The van der Waals surface area contributed by atoms with Gasteiger partial charge in [-0.3, -0.25) is 9.59 Å². The van der Waals surface area contributed by atoms with Crippen molar-refractivity contribution in [3.63, 3.8) is 0 Å². The van der Waals surface area contributed by atoms with Crippen molar-refractivity contribution in [2.24, 2.45) is 0 Å². The van der Waals surface area contributed by atoms with Crippen LogP contribution < -0.4 is 10.9 Å². The summed E-state index contributed by atoms with van der Waals surface area (Å²) in [6.07, 6.45) is 1.76. The molecular weight excluding hydrogens is 390 g/mol. The van der Waals surface area contributed by atoms with E-state index < -0.39 is 0 Å². The molecule has 0 bridgehead atoms. The third-order valence-electron chi connectivity index (χ3n) is 5.12. The van der Waals surface area contributed by atoms with Crippen LogP contribution >= 0.6 is 0 Å². The molecule has 2 aromatic heterocycles. The van der Waals surface area contributed by atoms with Gasteiger partial charge in [0.15, 0.2) is 0 Å². The van der Waals surface area contributed by atoms with Crippen molar-refractivity contribution in [2.75, 3.05) is 0 Å². The second kappa shape index (κ2) is 8.79. The fraction of sp³-hybridized carbons (Fsp3) is 0.167. The van der Waals surface area contributed by atoms with Gasteiger partial charge in [0.25, 0.3) is 5.56 Å². The van der Waals surface area contributed by atoms with Crippen LogP contribution in [-0.4, -0.2) is 25.5 Å². The molecule has 0 saturated heterocycles. The molecule has 0 spiro atoms. The molecule has 0 radical (unpaired) electrons. The zero-order chi connectivity index (χ0) is 21.8. The Bertz CT molecular complexity index is 1250. The molecule has 4 aromatic rings. The molecule has 1 amide bonds. The average Bonchev–Trinajstić information content (AvgIpc) is 3.18. The smallest absolute Gasteiger partial charge is 0.267 e. The number of hydrogen-bond donors (Lipinski definition) is 1. The number of benzene rings is 2. The lowest BCUT2D eigenvalue weighted by molar-refractivity contribution is -0.122. The monoisotopic (exact) mass is 413 g/mol. The van der Waals surface area contributed by atoms with Gasteiger partial charge >= 0.3 is 0 Å². The van der Waals surface area contributed by atoms with Crippen molar-refractivity contribution >= 4 is 5.91 Å². The molecule has 0 fully saturated rings. The van der Waals surface area contributed by atoms with E-state index in [1.807, 2.05) is 79.2 Å². The summed E-state index contributed by atoms with van der Waals surface area (Å²) in [6.45, 7) is 3.71. The Balaban J connectivity index is 1.48. The van der Waals surface area contributed by atoms with E-state index in [2.05, 4.69) is 15.5 Å². The second-order valence-electron chi connectivity index (χ2n) is 7.30. The third-order valence-corrected chi connectivity index (χ3v) is 5.12. The van der Waals surface area contributed by atoms with E-state index in [1.54, 1.807) is 12.3 Å². The Hall–Kier alpha value is -4.00. The van der Waals surface area contributed by atoms with Crippen LogP contribution in [0.25, 0.3) is 16.9 Å². The van der Waals surface area contributed by atoms with E-state index in [0.717, 1.165) is 22.5 Å². The molecule has 2 heterocycles. The number of hydrogen-bond acceptors (Lipinski definition) is 4. The molecule has 4 rings (SSSR count). The normalized spacial score (nSPS) is 11.8. The lowest BCUT2D eigenvalue weighted by Gasteiger charge is -2.15. The molecule has 156 valence electrons. The van der Waals surface area contributed by atoms with Crippen LogP contribution in [0.5, 0.6) is 0 Å². The van der Waals surface area contributed by atoms with Crippen molar-refractivity contribution in [3.05, 3.63) is 101 Å². The van der Waals surface area contributed by atoms with E-state index in [1.165, 1.54) is 10.7 Å². The molecule has 1 unspecified atom stereocenters. The Kier molecular flexibility index (Phi) is 5.75. The van der Waals surface area contributed by atoms with Crippen molar-refractivity contribution in [2.45, 2.75) is 26.4 Å². The van der Waals surface area contributed by atoms with Gasteiger partial charge in [0.1, 0.15) is 6.54 Å². The largest absolute Gasteiger partial charge is 0.348 e. The number of carbonyl (C=O) groups is 1. The van der Waals surface area contributed by atoms with Crippen LogP contribution in [0.1, 0.15) is 24.2 Å². The number of para-hydroxylation sites is 1. The lowest BCUT2D eigenvalue weighted by Crippen LogP contribution is -2.35. The molecule has 1 N–H and O–H groups in total. The predicted molar refractivity (Wildman–Crippen MR) is 119 cm³/mol. The molecule has 1 atom stereocenters. The highest BCUT2D eigenvalue weighted by Gasteiger charge is 2.17. The summed E-state index contributed by atoms with van der Waals surface area (Å²) in [5.74, 6) is -0.292. The van der Waals surface area contributed by atoms with Gasteiger partial charge in [0.05, 0.1) is 23.6 Å². The summed E-state index contributed by atoms with van der Waals surface area (Å²) in [5, 5.41) is 11.8. The molecule has 0 aliphatic heterocycles. The SMILES string of the molecule is Cc1c(C(C)NC(=O)Cn2nc(-c3ccccc3)ccc2=O)cnn1-c1ccccc1. The highest BCUT2D eigenvalue weighted by molar-refractivity contribution is 5.76. The van der Waals surface area contributed by atoms with Crippen LogP contribution in [-0.2, 0) is 11.3 Å². The van der Waals surface area contributed by atoms with E-state index in [9.17, 15) is 9.59 Å². The first kappa shape index (κ1) is 20.3.